The van der Waals surface area contributed by atoms with E-state index in [0.29, 0.717) is 51.3 Å². The number of aromatic nitrogens is 1. The van der Waals surface area contributed by atoms with E-state index in [9.17, 15) is 14.4 Å². The predicted molar refractivity (Wildman–Crippen MR) is 166 cm³/mol. The topological polar surface area (TPSA) is 137 Å². The van der Waals surface area contributed by atoms with Gasteiger partial charge >= 0.3 is 0 Å². The van der Waals surface area contributed by atoms with E-state index in [0.717, 1.165) is 5.56 Å². The van der Waals surface area contributed by atoms with E-state index < -0.39 is 11.8 Å². The molecule has 3 rings (SSSR count). The van der Waals surface area contributed by atoms with Crippen LogP contribution in [0.5, 0.6) is 5.75 Å². The van der Waals surface area contributed by atoms with Crippen LogP contribution in [-0.2, 0) is 4.79 Å². The number of pyridine rings is 1. The maximum Gasteiger partial charge on any atom is 0.259 e. The second kappa shape index (κ2) is 14.6. The quantitative estimate of drug-likeness (QED) is 0.0518. The Morgan fingerprint density at radius 2 is 1.77 bits per heavy atom. The van der Waals surface area contributed by atoms with E-state index in [-0.39, 0.29) is 23.6 Å². The molecule has 10 nitrogen and oxygen atoms in total. The first-order valence-corrected chi connectivity index (χ1v) is 14.2. The SMILES string of the molecule is CC(=N)N(CI)c1ccc(C(=O)Nc2ccc(C)cc2C(=O)Nc2ccc(Cl)cn2)c(OCCCNC(C)=O)c1. The number of hydrogen-bond acceptors (Lipinski definition) is 6. The lowest BCUT2D eigenvalue weighted by Crippen LogP contribution is -2.26. The number of nitrogens with one attached hydrogen (secondary N) is 4. The van der Waals surface area contributed by atoms with E-state index in [1.807, 2.05) is 6.92 Å². The number of nitrogens with zero attached hydrogens (tertiary/aromatic N) is 2. The molecule has 1 heterocycles. The number of hydrogen-bond donors (Lipinski definition) is 4. The molecule has 0 radical (unpaired) electrons. The lowest BCUT2D eigenvalue weighted by atomic mass is 10.1. The number of ether oxygens (including phenoxy) is 1. The normalized spacial score (nSPS) is 10.4. The number of anilines is 3. The molecule has 12 heteroatoms. The van der Waals surface area contributed by atoms with Gasteiger partial charge in [0.1, 0.15) is 11.6 Å². The summed E-state index contributed by atoms with van der Waals surface area (Å²) in [6.45, 7) is 5.65. The van der Waals surface area contributed by atoms with E-state index in [4.69, 9.17) is 21.7 Å². The molecule has 1 aromatic heterocycles. The molecule has 40 heavy (non-hydrogen) atoms. The Morgan fingerprint density at radius 3 is 2.42 bits per heavy atom. The van der Waals surface area contributed by atoms with Gasteiger partial charge < -0.3 is 25.6 Å². The van der Waals surface area contributed by atoms with Gasteiger partial charge in [0.15, 0.2) is 0 Å². The van der Waals surface area contributed by atoms with Gasteiger partial charge in [-0.3, -0.25) is 19.8 Å². The summed E-state index contributed by atoms with van der Waals surface area (Å²) in [5.74, 6) is -0.0755. The first kappa shape index (κ1) is 30.8. The van der Waals surface area contributed by atoms with Crippen LogP contribution < -0.4 is 25.6 Å². The van der Waals surface area contributed by atoms with E-state index in [1.165, 1.54) is 13.1 Å². The van der Waals surface area contributed by atoms with Crippen molar-refractivity contribution in [3.05, 3.63) is 76.4 Å². The molecule has 0 aliphatic carbocycles. The number of amides is 3. The summed E-state index contributed by atoms with van der Waals surface area (Å²) in [6.07, 6.45) is 1.96. The van der Waals surface area contributed by atoms with Crippen LogP contribution in [0.3, 0.4) is 0 Å². The zero-order valence-electron chi connectivity index (χ0n) is 22.3. The summed E-state index contributed by atoms with van der Waals surface area (Å²) in [4.78, 5) is 43.6. The van der Waals surface area contributed by atoms with Crippen molar-refractivity contribution in [2.45, 2.75) is 27.2 Å². The molecule has 0 aliphatic rings. The third-order valence-corrected chi connectivity index (χ3v) is 6.54. The molecule has 0 unspecified atom stereocenters. The molecule has 210 valence electrons. The smallest absolute Gasteiger partial charge is 0.259 e. The minimum Gasteiger partial charge on any atom is -0.493 e. The van der Waals surface area contributed by atoms with E-state index in [1.54, 1.807) is 60.4 Å². The van der Waals surface area contributed by atoms with Gasteiger partial charge in [-0.1, -0.05) is 45.8 Å². The number of halogens is 2. The van der Waals surface area contributed by atoms with Gasteiger partial charge in [0.25, 0.3) is 11.8 Å². The van der Waals surface area contributed by atoms with Gasteiger partial charge in [0.05, 0.1) is 38.8 Å². The first-order chi connectivity index (χ1) is 19.1. The molecule has 2 aromatic carbocycles. The second-order valence-corrected chi connectivity index (χ2v) is 9.94. The maximum absolute atomic E-state index is 13.5. The minimum absolute atomic E-state index is 0.133. The van der Waals surface area contributed by atoms with Gasteiger partial charge in [0, 0.05) is 31.4 Å². The standard InChI is InChI=1S/C28H30ClIN6O4/c1-17-5-9-24(23(13-17)28(39)35-26-10-6-20(29)15-33-26)34-27(38)22-8-7-21(36(16-30)18(2)31)14-25(22)40-12-4-11-32-19(3)37/h5-10,13-15,31H,4,11-12,16H2,1-3H3,(H,32,37)(H,34,38)(H,33,35,39). The maximum atomic E-state index is 13.5. The number of amidine groups is 1. The lowest BCUT2D eigenvalue weighted by Gasteiger charge is -2.22. The molecule has 0 atom stereocenters. The van der Waals surface area contributed by atoms with Gasteiger partial charge in [-0.05, 0) is 56.7 Å². The highest BCUT2D eigenvalue weighted by molar-refractivity contribution is 14.1. The molecule has 3 aromatic rings. The van der Waals surface area contributed by atoms with Gasteiger partial charge in [-0.2, -0.15) is 0 Å². The molecule has 0 fully saturated rings. The largest absolute Gasteiger partial charge is 0.493 e. The van der Waals surface area contributed by atoms with E-state index in [2.05, 4.69) is 43.5 Å². The van der Waals surface area contributed by atoms with Gasteiger partial charge in [-0.15, -0.1) is 0 Å². The number of carbonyl (C=O) groups is 3. The predicted octanol–water partition coefficient (Wildman–Crippen LogP) is 5.65. The summed E-state index contributed by atoms with van der Waals surface area (Å²) < 4.78 is 6.50. The van der Waals surface area contributed by atoms with Crippen LogP contribution in [0.2, 0.25) is 5.02 Å². The molecule has 0 spiro atoms. The summed E-state index contributed by atoms with van der Waals surface area (Å²) in [6, 6.07) is 13.4. The van der Waals surface area contributed by atoms with Crippen LogP contribution in [-0.4, -0.2) is 46.2 Å². The fourth-order valence-electron chi connectivity index (χ4n) is 3.63. The van der Waals surface area contributed by atoms with Crippen molar-refractivity contribution in [3.63, 3.8) is 0 Å². The number of benzene rings is 2. The molecule has 0 bridgehead atoms. The highest BCUT2D eigenvalue weighted by Gasteiger charge is 2.20. The summed E-state index contributed by atoms with van der Waals surface area (Å²) in [5.41, 5.74) is 2.36. The van der Waals surface area contributed by atoms with Crippen molar-refractivity contribution >= 4 is 74.9 Å². The molecular formula is C28H30ClIN6O4. The zero-order chi connectivity index (χ0) is 29.2. The van der Waals surface area contributed by atoms with Crippen molar-refractivity contribution in [2.75, 3.05) is 33.2 Å². The van der Waals surface area contributed by atoms with Crippen LogP contribution in [0.1, 0.15) is 46.5 Å². The van der Waals surface area contributed by atoms with Crippen molar-refractivity contribution in [2.24, 2.45) is 0 Å². The molecule has 0 saturated carbocycles. The Balaban J connectivity index is 1.87. The monoisotopic (exact) mass is 676 g/mol. The highest BCUT2D eigenvalue weighted by Crippen LogP contribution is 2.29. The average Bonchev–Trinajstić information content (AvgIpc) is 2.91. The Labute approximate surface area is 251 Å². The molecule has 0 aliphatic heterocycles. The second-order valence-electron chi connectivity index (χ2n) is 8.82. The number of carbonyl (C=O) groups excluding carboxylic acids is 3. The van der Waals surface area contributed by atoms with Crippen molar-refractivity contribution < 1.29 is 19.1 Å². The minimum atomic E-state index is -0.474. The number of rotatable bonds is 11. The van der Waals surface area contributed by atoms with Crippen LogP contribution in [0.25, 0.3) is 0 Å². The van der Waals surface area contributed by atoms with Crippen LogP contribution >= 0.6 is 34.2 Å². The number of alkyl halides is 1. The summed E-state index contributed by atoms with van der Waals surface area (Å²) in [5, 5.41) is 16.8. The third kappa shape index (κ3) is 8.65. The molecule has 0 saturated heterocycles. The Bertz CT molecular complexity index is 1400. The Kier molecular flexibility index (Phi) is 11.3. The Hall–Kier alpha value is -3.71. The van der Waals surface area contributed by atoms with Crippen molar-refractivity contribution in [1.29, 1.82) is 5.41 Å². The first-order valence-electron chi connectivity index (χ1n) is 12.3. The van der Waals surface area contributed by atoms with Crippen molar-refractivity contribution in [1.82, 2.24) is 10.3 Å². The van der Waals surface area contributed by atoms with Crippen LogP contribution in [0.15, 0.2) is 54.7 Å². The number of aryl methyl sites for hydroxylation is 1. The Morgan fingerprint density at radius 1 is 1.02 bits per heavy atom. The van der Waals surface area contributed by atoms with Gasteiger partial charge in [-0.25, -0.2) is 4.98 Å². The summed E-state index contributed by atoms with van der Waals surface area (Å²) in [7, 11) is 0. The third-order valence-electron chi connectivity index (χ3n) is 5.64. The van der Waals surface area contributed by atoms with E-state index >= 15 is 0 Å². The van der Waals surface area contributed by atoms with Crippen molar-refractivity contribution in [3.8, 4) is 5.75 Å². The molecule has 4 N–H and O–H groups in total. The van der Waals surface area contributed by atoms with Gasteiger partial charge in [0.2, 0.25) is 5.91 Å². The van der Waals surface area contributed by atoms with Crippen LogP contribution in [0, 0.1) is 12.3 Å². The molecule has 3 amide bonds. The average molecular weight is 677 g/mol. The fraction of sp³-hybridized carbons (Fsp3) is 0.250. The zero-order valence-corrected chi connectivity index (χ0v) is 25.2. The highest BCUT2D eigenvalue weighted by atomic mass is 127. The fourth-order valence-corrected chi connectivity index (χ4v) is 4.65. The molecular weight excluding hydrogens is 647 g/mol. The van der Waals surface area contributed by atoms with Crippen LogP contribution in [0.4, 0.5) is 17.2 Å². The summed E-state index contributed by atoms with van der Waals surface area (Å²) >= 11 is 8.05. The lowest BCUT2D eigenvalue weighted by molar-refractivity contribution is -0.118.